The van der Waals surface area contributed by atoms with E-state index in [9.17, 15) is 9.18 Å². The number of aryl methyl sites for hydroxylation is 1. The molecule has 7 nitrogen and oxygen atoms in total. The minimum atomic E-state index is -0.723. The summed E-state index contributed by atoms with van der Waals surface area (Å²) in [4.78, 5) is 22.3. The molecule has 4 N–H and O–H groups in total. The lowest BCUT2D eigenvalue weighted by atomic mass is 9.84. The van der Waals surface area contributed by atoms with Crippen LogP contribution in [-0.4, -0.2) is 52.5 Å². The number of carbonyl (C=O) groups is 1. The Bertz CT molecular complexity index is 1140. The Kier molecular flexibility index (Phi) is 5.57. The maximum Gasteiger partial charge on any atom is 0.237 e. The molecule has 6 rings (SSSR count). The molecule has 32 heavy (non-hydrogen) atoms. The van der Waals surface area contributed by atoms with Crippen molar-refractivity contribution in [2.24, 2.45) is 11.7 Å². The third-order valence-electron chi connectivity index (χ3n) is 6.72. The lowest BCUT2D eigenvalue weighted by Crippen LogP contribution is -2.59. The largest absolute Gasteiger partial charge is 0.453 e. The first kappa shape index (κ1) is 20.9. The maximum atomic E-state index is 14.8. The van der Waals surface area contributed by atoms with Crippen molar-refractivity contribution in [3.63, 3.8) is 0 Å². The third-order valence-corrected chi connectivity index (χ3v) is 6.72. The molecule has 5 heterocycles. The molecule has 0 spiro atoms. The number of halogens is 1. The first-order valence-corrected chi connectivity index (χ1v) is 11.1. The standard InChI is InChI=1S/C24H28FN5O2/c1-14-12-28-23-22(14)21(4-7-27-23)32-20-3-2-15(10-17(20)25)11-18(26)24(31)29-19-13-30-8-5-16(19)6-9-30/h2-4,7,10,12,16,18-19H,5-6,8-9,11,13,26H2,1H3,(H,27,28)(H,29,31)/t18-,19-/m0/s1. The Hall–Kier alpha value is -2.97. The van der Waals surface area contributed by atoms with Crippen LogP contribution in [-0.2, 0) is 11.2 Å². The summed E-state index contributed by atoms with van der Waals surface area (Å²) in [7, 11) is 0. The number of hydrogen-bond acceptors (Lipinski definition) is 5. The Labute approximate surface area is 186 Å². The first-order valence-electron chi connectivity index (χ1n) is 11.1. The second-order valence-electron chi connectivity index (χ2n) is 8.93. The number of nitrogens with zero attached hydrogens (tertiary/aromatic N) is 2. The number of nitrogens with two attached hydrogens (primary N) is 1. The number of fused-ring (bicyclic) bond motifs is 4. The fourth-order valence-electron chi connectivity index (χ4n) is 4.91. The summed E-state index contributed by atoms with van der Waals surface area (Å²) in [5.74, 6) is 0.520. The molecule has 0 saturated carbocycles. The smallest absolute Gasteiger partial charge is 0.237 e. The summed E-state index contributed by atoms with van der Waals surface area (Å²) in [5, 5.41) is 3.94. The topological polar surface area (TPSA) is 96.3 Å². The molecular weight excluding hydrogens is 409 g/mol. The molecule has 168 valence electrons. The van der Waals surface area contributed by atoms with Gasteiger partial charge in [-0.3, -0.25) is 4.79 Å². The molecule has 2 bridgehead atoms. The maximum absolute atomic E-state index is 14.8. The highest BCUT2D eigenvalue weighted by molar-refractivity contribution is 5.86. The number of pyridine rings is 1. The molecule has 2 aromatic heterocycles. The van der Waals surface area contributed by atoms with Gasteiger partial charge in [0.05, 0.1) is 11.4 Å². The number of piperidine rings is 3. The van der Waals surface area contributed by atoms with Crippen molar-refractivity contribution < 1.29 is 13.9 Å². The zero-order valence-corrected chi connectivity index (χ0v) is 18.1. The molecule has 3 fully saturated rings. The van der Waals surface area contributed by atoms with Crippen LogP contribution in [0, 0.1) is 18.7 Å². The van der Waals surface area contributed by atoms with Crippen molar-refractivity contribution in [1.29, 1.82) is 0 Å². The SMILES string of the molecule is Cc1c[nH]c2nccc(Oc3ccc(C[C@H](N)C(=O)N[C@H]4CN5CCC4CC5)cc3F)c12. The van der Waals surface area contributed by atoms with E-state index in [-0.39, 0.29) is 24.1 Å². The number of aromatic amines is 1. The predicted molar refractivity (Wildman–Crippen MR) is 120 cm³/mol. The molecule has 0 aliphatic carbocycles. The van der Waals surface area contributed by atoms with Crippen LogP contribution in [0.4, 0.5) is 4.39 Å². The van der Waals surface area contributed by atoms with Gasteiger partial charge in [-0.25, -0.2) is 9.37 Å². The number of carbonyl (C=O) groups excluding carboxylic acids is 1. The predicted octanol–water partition coefficient (Wildman–Crippen LogP) is 2.88. The highest BCUT2D eigenvalue weighted by Crippen LogP contribution is 2.32. The highest BCUT2D eigenvalue weighted by atomic mass is 19.1. The molecule has 3 aromatic rings. The molecule has 3 aliphatic rings. The van der Waals surface area contributed by atoms with E-state index in [0.717, 1.165) is 43.4 Å². The summed E-state index contributed by atoms with van der Waals surface area (Å²) in [6.07, 6.45) is 5.97. The molecule has 1 amide bonds. The summed E-state index contributed by atoms with van der Waals surface area (Å²) >= 11 is 0. The van der Waals surface area contributed by atoms with Crippen molar-refractivity contribution >= 4 is 16.9 Å². The number of hydrogen-bond donors (Lipinski definition) is 3. The number of rotatable bonds is 6. The van der Waals surface area contributed by atoms with Gasteiger partial charge in [-0.05, 0) is 74.5 Å². The Morgan fingerprint density at radius 2 is 2.16 bits per heavy atom. The van der Waals surface area contributed by atoms with Gasteiger partial charge >= 0.3 is 0 Å². The summed E-state index contributed by atoms with van der Waals surface area (Å²) in [6.45, 7) is 5.07. The second kappa shape index (κ2) is 8.52. The number of H-pyrrole nitrogens is 1. The van der Waals surface area contributed by atoms with Crippen LogP contribution in [0.1, 0.15) is 24.0 Å². The highest BCUT2D eigenvalue weighted by Gasteiger charge is 2.35. The number of nitrogens with one attached hydrogen (secondary N) is 2. The number of amides is 1. The zero-order chi connectivity index (χ0) is 22.2. The summed E-state index contributed by atoms with van der Waals surface area (Å²) < 4.78 is 20.6. The number of ether oxygens (including phenoxy) is 1. The van der Waals surface area contributed by atoms with Gasteiger partial charge in [0.15, 0.2) is 11.6 Å². The minimum Gasteiger partial charge on any atom is -0.453 e. The molecule has 3 aliphatic heterocycles. The number of benzene rings is 1. The van der Waals surface area contributed by atoms with Gasteiger partial charge in [0.25, 0.3) is 0 Å². The van der Waals surface area contributed by atoms with Crippen molar-refractivity contribution in [2.75, 3.05) is 19.6 Å². The third kappa shape index (κ3) is 4.08. The van der Waals surface area contributed by atoms with Crippen LogP contribution in [0.25, 0.3) is 11.0 Å². The fourth-order valence-corrected chi connectivity index (χ4v) is 4.91. The van der Waals surface area contributed by atoms with Gasteiger partial charge in [-0.1, -0.05) is 6.07 Å². The second-order valence-corrected chi connectivity index (χ2v) is 8.93. The van der Waals surface area contributed by atoms with E-state index >= 15 is 0 Å². The summed E-state index contributed by atoms with van der Waals surface area (Å²) in [5.41, 5.74) is 8.47. The summed E-state index contributed by atoms with van der Waals surface area (Å²) in [6, 6.07) is 5.88. The van der Waals surface area contributed by atoms with Crippen LogP contribution in [0.2, 0.25) is 0 Å². The Morgan fingerprint density at radius 3 is 2.88 bits per heavy atom. The van der Waals surface area contributed by atoms with Crippen molar-refractivity contribution in [2.45, 2.75) is 38.3 Å². The average Bonchev–Trinajstić information content (AvgIpc) is 3.18. The quantitative estimate of drug-likeness (QED) is 0.551. The molecule has 1 aromatic carbocycles. The molecule has 0 radical (unpaired) electrons. The van der Waals surface area contributed by atoms with Gasteiger partial charge in [0, 0.05) is 25.0 Å². The Morgan fingerprint density at radius 1 is 1.34 bits per heavy atom. The van der Waals surface area contributed by atoms with E-state index in [1.54, 1.807) is 24.4 Å². The lowest BCUT2D eigenvalue weighted by molar-refractivity contribution is -0.124. The monoisotopic (exact) mass is 437 g/mol. The molecule has 3 saturated heterocycles. The van der Waals surface area contributed by atoms with Crippen molar-refractivity contribution in [3.05, 3.63) is 53.6 Å². The van der Waals surface area contributed by atoms with Crippen molar-refractivity contribution in [3.8, 4) is 11.5 Å². The van der Waals surface area contributed by atoms with Gasteiger partial charge in [-0.15, -0.1) is 0 Å². The minimum absolute atomic E-state index is 0.118. The van der Waals surface area contributed by atoms with Gasteiger partial charge in [0.2, 0.25) is 5.91 Å². The van der Waals surface area contributed by atoms with Gasteiger partial charge in [0.1, 0.15) is 11.4 Å². The van der Waals surface area contributed by atoms with Crippen LogP contribution < -0.4 is 15.8 Å². The van der Waals surface area contributed by atoms with E-state index in [1.807, 2.05) is 13.1 Å². The molecule has 0 unspecified atom stereocenters. The van der Waals surface area contributed by atoms with E-state index in [4.69, 9.17) is 10.5 Å². The van der Waals surface area contributed by atoms with Gasteiger partial charge < -0.3 is 25.7 Å². The van der Waals surface area contributed by atoms with E-state index in [2.05, 4.69) is 20.2 Å². The van der Waals surface area contributed by atoms with Crippen LogP contribution >= 0.6 is 0 Å². The van der Waals surface area contributed by atoms with Crippen LogP contribution in [0.15, 0.2) is 36.7 Å². The Balaban J connectivity index is 1.24. The number of aromatic nitrogens is 2. The lowest BCUT2D eigenvalue weighted by Gasteiger charge is -2.45. The van der Waals surface area contributed by atoms with E-state index < -0.39 is 11.9 Å². The molecule has 2 atom stereocenters. The first-order chi connectivity index (χ1) is 15.5. The molecule has 8 heteroatoms. The van der Waals surface area contributed by atoms with E-state index in [0.29, 0.717) is 22.9 Å². The fraction of sp³-hybridized carbons (Fsp3) is 0.417. The molecular formula is C24H28FN5O2. The van der Waals surface area contributed by atoms with Crippen LogP contribution in [0.3, 0.4) is 0 Å². The normalized spacial score (nSPS) is 23.3. The zero-order valence-electron chi connectivity index (χ0n) is 18.1. The van der Waals surface area contributed by atoms with Crippen LogP contribution in [0.5, 0.6) is 11.5 Å². The van der Waals surface area contributed by atoms with Crippen molar-refractivity contribution in [1.82, 2.24) is 20.2 Å². The average molecular weight is 438 g/mol. The van der Waals surface area contributed by atoms with Gasteiger partial charge in [-0.2, -0.15) is 0 Å². The van der Waals surface area contributed by atoms with E-state index in [1.165, 1.54) is 6.07 Å².